The Kier molecular flexibility index (Phi) is 2.99. The van der Waals surface area contributed by atoms with Crippen LogP contribution >= 0.6 is 0 Å². The molecule has 1 unspecified atom stereocenters. The average molecular weight is 181 g/mol. The largest absolute Gasteiger partial charge is 0.394 e. The zero-order valence-corrected chi connectivity index (χ0v) is 6.24. The highest BCUT2D eigenvalue weighted by atomic mass is 16.7. The van der Waals surface area contributed by atoms with Gasteiger partial charge >= 0.3 is 0 Å². The Balaban J connectivity index is 2.63. The van der Waals surface area contributed by atoms with Crippen molar-refractivity contribution in [3.63, 3.8) is 0 Å². The number of hydrogen-bond donors (Lipinski definition) is 5. The number of rotatable bonds is 1. The Morgan fingerprint density at radius 3 is 2.00 bits per heavy atom. The van der Waals surface area contributed by atoms with Crippen molar-refractivity contribution in [2.45, 2.75) is 30.7 Å². The van der Waals surface area contributed by atoms with Gasteiger partial charge in [0.1, 0.15) is 24.4 Å². The summed E-state index contributed by atoms with van der Waals surface area (Å²) in [5.74, 6) is 0. The standard InChI is InChI=1S/C6H12O6/c7-1-2-3(8)4(9)5(10)6(11)12-2/h2-11H,1H2/t2-,3-,4+,5+,6?/m1/s1/i6+1. The zero-order valence-electron chi connectivity index (χ0n) is 6.24. The molecule has 5 atom stereocenters. The van der Waals surface area contributed by atoms with E-state index in [9.17, 15) is 0 Å². The lowest BCUT2D eigenvalue weighted by Crippen LogP contribution is -2.58. The predicted octanol–water partition coefficient (Wildman–Crippen LogP) is -3.22. The smallest absolute Gasteiger partial charge is 0.184 e. The molecule has 0 radical (unpaired) electrons. The number of hydrogen-bond acceptors (Lipinski definition) is 6. The highest BCUT2D eigenvalue weighted by Crippen LogP contribution is 2.18. The molecule has 1 aliphatic heterocycles. The van der Waals surface area contributed by atoms with E-state index in [1.807, 2.05) is 0 Å². The Morgan fingerprint density at radius 1 is 0.917 bits per heavy atom. The van der Waals surface area contributed by atoms with Crippen LogP contribution in [-0.4, -0.2) is 62.8 Å². The highest BCUT2D eigenvalue weighted by Gasteiger charge is 2.42. The lowest BCUT2D eigenvalue weighted by atomic mass is 10.0. The first kappa shape index (κ1) is 9.85. The van der Waals surface area contributed by atoms with Gasteiger partial charge in [0.05, 0.1) is 6.61 Å². The quantitative estimate of drug-likeness (QED) is 0.272. The molecule has 1 heterocycles. The van der Waals surface area contributed by atoms with Gasteiger partial charge in [0.15, 0.2) is 6.29 Å². The third-order valence-corrected chi connectivity index (χ3v) is 1.87. The minimum atomic E-state index is -1.57. The summed E-state index contributed by atoms with van der Waals surface area (Å²) in [7, 11) is 0. The van der Waals surface area contributed by atoms with Crippen molar-refractivity contribution >= 4 is 0 Å². The lowest BCUT2D eigenvalue weighted by Gasteiger charge is -2.37. The summed E-state index contributed by atoms with van der Waals surface area (Å²) >= 11 is 0. The minimum Gasteiger partial charge on any atom is -0.394 e. The number of ether oxygens (including phenoxy) is 1. The molecule has 1 rings (SSSR count). The van der Waals surface area contributed by atoms with E-state index in [0.717, 1.165) is 0 Å². The van der Waals surface area contributed by atoms with E-state index < -0.39 is 37.3 Å². The van der Waals surface area contributed by atoms with Crippen LogP contribution in [0.2, 0.25) is 0 Å². The maximum atomic E-state index is 9.12. The van der Waals surface area contributed by atoms with Gasteiger partial charge in [-0.2, -0.15) is 0 Å². The molecule has 72 valence electrons. The van der Waals surface area contributed by atoms with Gasteiger partial charge in [-0.25, -0.2) is 0 Å². The molecule has 1 saturated heterocycles. The summed E-state index contributed by atoms with van der Waals surface area (Å²) in [5, 5.41) is 44.7. The van der Waals surface area contributed by atoms with Gasteiger partial charge in [-0.15, -0.1) is 0 Å². The second kappa shape index (κ2) is 3.65. The molecule has 0 aromatic heterocycles. The Hall–Kier alpha value is -0.240. The van der Waals surface area contributed by atoms with Crippen LogP contribution in [0.5, 0.6) is 0 Å². The molecule has 0 bridgehead atoms. The van der Waals surface area contributed by atoms with Gasteiger partial charge in [-0.05, 0) is 0 Å². The topological polar surface area (TPSA) is 110 Å². The number of aliphatic hydroxyl groups is 5. The first-order valence-electron chi connectivity index (χ1n) is 3.56. The average Bonchev–Trinajstić information content (AvgIpc) is 2.08. The molecule has 0 saturated carbocycles. The molecular formula is C6H12O6. The zero-order chi connectivity index (χ0) is 9.30. The third-order valence-electron chi connectivity index (χ3n) is 1.87. The first-order valence-corrected chi connectivity index (χ1v) is 3.56. The van der Waals surface area contributed by atoms with Gasteiger partial charge in [0, 0.05) is 0 Å². The SMILES string of the molecule is OC[C@H]1O[13CH](O)[C@@H](O)[C@@H](O)[C@@H]1O. The van der Waals surface area contributed by atoms with E-state index in [-0.39, 0.29) is 0 Å². The molecule has 6 heteroatoms. The van der Waals surface area contributed by atoms with Crippen LogP contribution in [-0.2, 0) is 4.74 Å². The van der Waals surface area contributed by atoms with Gasteiger partial charge in [-0.1, -0.05) is 0 Å². The van der Waals surface area contributed by atoms with E-state index in [4.69, 9.17) is 25.5 Å². The molecule has 6 nitrogen and oxygen atoms in total. The molecule has 0 aliphatic carbocycles. The van der Waals surface area contributed by atoms with Crippen LogP contribution < -0.4 is 0 Å². The van der Waals surface area contributed by atoms with E-state index in [0.29, 0.717) is 0 Å². The summed E-state index contributed by atoms with van der Waals surface area (Å²) < 4.78 is 4.58. The summed E-state index contributed by atoms with van der Waals surface area (Å²) in [6.45, 7) is -0.526. The lowest BCUT2D eigenvalue weighted by molar-refractivity contribution is -0.286. The van der Waals surface area contributed by atoms with Crippen LogP contribution in [0.1, 0.15) is 0 Å². The van der Waals surface area contributed by atoms with Gasteiger partial charge < -0.3 is 30.3 Å². The monoisotopic (exact) mass is 181 g/mol. The van der Waals surface area contributed by atoms with Gasteiger partial charge in [0.25, 0.3) is 0 Å². The summed E-state index contributed by atoms with van der Waals surface area (Å²) in [5.41, 5.74) is 0. The second-order valence-electron chi connectivity index (χ2n) is 2.72. The molecule has 0 amide bonds. The van der Waals surface area contributed by atoms with E-state index in [1.54, 1.807) is 0 Å². The van der Waals surface area contributed by atoms with Crippen LogP contribution in [0.4, 0.5) is 0 Å². The third kappa shape index (κ3) is 1.58. The fourth-order valence-corrected chi connectivity index (χ4v) is 1.08. The van der Waals surface area contributed by atoms with E-state index in [2.05, 4.69) is 4.74 Å². The summed E-state index contributed by atoms with van der Waals surface area (Å²) in [4.78, 5) is 0. The number of aliphatic hydroxyl groups excluding tert-OH is 5. The van der Waals surface area contributed by atoms with Crippen molar-refractivity contribution < 1.29 is 30.3 Å². The summed E-state index contributed by atoms with van der Waals surface area (Å²) in [6, 6.07) is 0. The molecule has 12 heavy (non-hydrogen) atoms. The molecule has 0 aromatic rings. The molecule has 1 fully saturated rings. The second-order valence-corrected chi connectivity index (χ2v) is 2.72. The Labute approximate surface area is 68.6 Å². The van der Waals surface area contributed by atoms with Crippen LogP contribution in [0.25, 0.3) is 0 Å². The molecule has 5 N–H and O–H groups in total. The van der Waals surface area contributed by atoms with Crippen molar-refractivity contribution in [3.05, 3.63) is 0 Å². The van der Waals surface area contributed by atoms with E-state index >= 15 is 0 Å². The van der Waals surface area contributed by atoms with Gasteiger partial charge in [-0.3, -0.25) is 0 Å². The van der Waals surface area contributed by atoms with E-state index in [1.165, 1.54) is 0 Å². The first-order chi connectivity index (χ1) is 5.57. The van der Waals surface area contributed by atoms with Crippen molar-refractivity contribution in [2.24, 2.45) is 0 Å². The molecular weight excluding hydrogens is 169 g/mol. The summed E-state index contributed by atoms with van der Waals surface area (Å²) in [6.07, 6.45) is -7.04. The fraction of sp³-hybridized carbons (Fsp3) is 1.00. The molecule has 0 spiro atoms. The van der Waals surface area contributed by atoms with Crippen molar-refractivity contribution in [1.82, 2.24) is 0 Å². The van der Waals surface area contributed by atoms with Crippen LogP contribution in [0.15, 0.2) is 0 Å². The molecule has 1 aliphatic rings. The molecule has 0 aromatic carbocycles. The maximum absolute atomic E-state index is 9.12. The Morgan fingerprint density at radius 2 is 1.50 bits per heavy atom. The minimum absolute atomic E-state index is 0.526. The van der Waals surface area contributed by atoms with Crippen LogP contribution in [0, 0.1) is 0 Å². The van der Waals surface area contributed by atoms with Crippen molar-refractivity contribution in [2.75, 3.05) is 6.61 Å². The van der Waals surface area contributed by atoms with Crippen LogP contribution in [0.3, 0.4) is 0 Å². The van der Waals surface area contributed by atoms with Gasteiger partial charge in [0.2, 0.25) is 0 Å². The fourth-order valence-electron chi connectivity index (χ4n) is 1.08. The van der Waals surface area contributed by atoms with Crippen molar-refractivity contribution in [3.8, 4) is 0 Å². The predicted molar refractivity (Wildman–Crippen MR) is 36.0 cm³/mol. The van der Waals surface area contributed by atoms with Crippen molar-refractivity contribution in [1.29, 1.82) is 0 Å². The normalized spacial score (nSPS) is 49.2. The maximum Gasteiger partial charge on any atom is 0.184 e. The Bertz CT molecular complexity index is 146. The highest BCUT2D eigenvalue weighted by molar-refractivity contribution is 4.87.